The third kappa shape index (κ3) is 3.92. The third-order valence-electron chi connectivity index (χ3n) is 4.34. The van der Waals surface area contributed by atoms with Crippen LogP contribution in [0.15, 0.2) is 40.8 Å². The minimum Gasteiger partial charge on any atom is -0.462 e. The standard InChI is InChI=1S/C20H15N3O6S2/c1-3-28-20(25)16-10(2)15(18-21-11-6-4-5-7-13(11)30-18)19(31-16)22-17(24)12-8-9-14(29-12)23(26)27/h4-9H,3H2,1-2H3,(H,22,24). The molecule has 1 N–H and O–H groups in total. The van der Waals surface area contributed by atoms with Crippen molar-refractivity contribution < 1.29 is 23.7 Å². The van der Waals surface area contributed by atoms with Crippen LogP contribution in [0.1, 0.15) is 32.7 Å². The third-order valence-corrected chi connectivity index (χ3v) is 6.58. The van der Waals surface area contributed by atoms with E-state index in [9.17, 15) is 19.7 Å². The van der Waals surface area contributed by atoms with E-state index in [-0.39, 0.29) is 12.4 Å². The summed E-state index contributed by atoms with van der Waals surface area (Å²) < 4.78 is 11.1. The van der Waals surface area contributed by atoms with Gasteiger partial charge in [0.1, 0.15) is 19.8 Å². The molecule has 9 nitrogen and oxygen atoms in total. The first-order chi connectivity index (χ1) is 14.9. The molecule has 0 aliphatic heterocycles. The molecule has 1 amide bonds. The number of nitrogens with one attached hydrogen (secondary N) is 1. The van der Waals surface area contributed by atoms with Gasteiger partial charge in [-0.2, -0.15) is 0 Å². The van der Waals surface area contributed by atoms with Crippen molar-refractivity contribution in [2.24, 2.45) is 0 Å². The van der Waals surface area contributed by atoms with Gasteiger partial charge in [0.25, 0.3) is 5.91 Å². The number of hydrogen-bond donors (Lipinski definition) is 1. The first-order valence-corrected chi connectivity index (χ1v) is 10.7. The van der Waals surface area contributed by atoms with E-state index in [1.54, 1.807) is 13.8 Å². The molecule has 0 spiro atoms. The van der Waals surface area contributed by atoms with Crippen molar-refractivity contribution >= 4 is 55.7 Å². The zero-order valence-corrected chi connectivity index (χ0v) is 18.0. The van der Waals surface area contributed by atoms with Crippen LogP contribution in [0.25, 0.3) is 20.8 Å². The van der Waals surface area contributed by atoms with Crippen LogP contribution < -0.4 is 5.32 Å². The van der Waals surface area contributed by atoms with E-state index in [2.05, 4.69) is 10.3 Å². The van der Waals surface area contributed by atoms with Gasteiger partial charge in [0, 0.05) is 5.56 Å². The fraction of sp³-hybridized carbons (Fsp3) is 0.150. The zero-order chi connectivity index (χ0) is 22.1. The summed E-state index contributed by atoms with van der Waals surface area (Å²) in [6.07, 6.45) is 0. The molecule has 0 unspecified atom stereocenters. The summed E-state index contributed by atoms with van der Waals surface area (Å²) in [6, 6.07) is 9.92. The van der Waals surface area contributed by atoms with Crippen LogP contribution in [-0.4, -0.2) is 28.4 Å². The topological polar surface area (TPSA) is 125 Å². The molecule has 0 fully saturated rings. The van der Waals surface area contributed by atoms with Gasteiger partial charge in [-0.1, -0.05) is 12.1 Å². The second kappa shape index (κ2) is 8.28. The fourth-order valence-corrected chi connectivity index (χ4v) is 5.18. The molecule has 0 radical (unpaired) electrons. The molecular weight excluding hydrogens is 442 g/mol. The van der Waals surface area contributed by atoms with Gasteiger partial charge in [-0.15, -0.1) is 22.7 Å². The van der Waals surface area contributed by atoms with Crippen molar-refractivity contribution in [2.45, 2.75) is 13.8 Å². The maximum atomic E-state index is 12.7. The van der Waals surface area contributed by atoms with Gasteiger partial charge in [0.15, 0.2) is 5.76 Å². The van der Waals surface area contributed by atoms with Crippen LogP contribution in [0.5, 0.6) is 0 Å². The zero-order valence-electron chi connectivity index (χ0n) is 16.3. The van der Waals surface area contributed by atoms with Crippen molar-refractivity contribution in [3.8, 4) is 10.6 Å². The molecule has 3 heterocycles. The van der Waals surface area contributed by atoms with Crippen LogP contribution >= 0.6 is 22.7 Å². The average Bonchev–Trinajstić information content (AvgIpc) is 3.44. The normalized spacial score (nSPS) is 10.9. The summed E-state index contributed by atoms with van der Waals surface area (Å²) in [5, 5.41) is 14.5. The Balaban J connectivity index is 1.77. The largest absolute Gasteiger partial charge is 0.462 e. The highest BCUT2D eigenvalue weighted by atomic mass is 32.1. The quantitative estimate of drug-likeness (QED) is 0.238. The van der Waals surface area contributed by atoms with Gasteiger partial charge >= 0.3 is 11.9 Å². The maximum Gasteiger partial charge on any atom is 0.433 e. The van der Waals surface area contributed by atoms with Gasteiger partial charge in [-0.05, 0) is 37.6 Å². The highest BCUT2D eigenvalue weighted by Crippen LogP contribution is 2.43. The van der Waals surface area contributed by atoms with Crippen LogP contribution in [0.3, 0.4) is 0 Å². The van der Waals surface area contributed by atoms with Crippen molar-refractivity contribution in [3.63, 3.8) is 0 Å². The van der Waals surface area contributed by atoms with E-state index < -0.39 is 22.7 Å². The maximum absolute atomic E-state index is 12.7. The lowest BCUT2D eigenvalue weighted by atomic mass is 10.1. The number of thiazole rings is 1. The summed E-state index contributed by atoms with van der Waals surface area (Å²) in [7, 11) is 0. The van der Waals surface area contributed by atoms with E-state index in [1.165, 1.54) is 17.4 Å². The van der Waals surface area contributed by atoms with E-state index >= 15 is 0 Å². The molecule has 158 valence electrons. The number of anilines is 1. The van der Waals surface area contributed by atoms with E-state index in [4.69, 9.17) is 9.15 Å². The van der Waals surface area contributed by atoms with Crippen LogP contribution in [-0.2, 0) is 4.74 Å². The van der Waals surface area contributed by atoms with E-state index in [0.717, 1.165) is 27.6 Å². The summed E-state index contributed by atoms with van der Waals surface area (Å²) in [6.45, 7) is 3.68. The predicted molar refractivity (Wildman–Crippen MR) is 117 cm³/mol. The Morgan fingerprint density at radius 2 is 2.00 bits per heavy atom. The lowest BCUT2D eigenvalue weighted by molar-refractivity contribution is -0.402. The number of benzene rings is 1. The Bertz CT molecular complexity index is 1290. The minimum atomic E-state index is -0.725. The van der Waals surface area contributed by atoms with Gasteiger partial charge in [-0.3, -0.25) is 14.9 Å². The molecule has 4 aromatic rings. The number of furan rings is 1. The van der Waals surface area contributed by atoms with Gasteiger partial charge in [0.2, 0.25) is 0 Å². The lowest BCUT2D eigenvalue weighted by Crippen LogP contribution is -2.10. The SMILES string of the molecule is CCOC(=O)c1sc(NC(=O)c2ccc([N+](=O)[O-])o2)c(-c2nc3ccccc3s2)c1C. The van der Waals surface area contributed by atoms with Crippen LogP contribution in [0.4, 0.5) is 10.9 Å². The number of fused-ring (bicyclic) bond motifs is 1. The summed E-state index contributed by atoms with van der Waals surface area (Å²) in [5.41, 5.74) is 2.02. The number of rotatable bonds is 6. The molecular formula is C20H15N3O6S2. The Hall–Kier alpha value is -3.57. The monoisotopic (exact) mass is 457 g/mol. The molecule has 4 rings (SSSR count). The summed E-state index contributed by atoms with van der Waals surface area (Å²) in [5.74, 6) is -1.93. The number of esters is 1. The molecule has 0 atom stereocenters. The predicted octanol–water partition coefficient (Wildman–Crippen LogP) is 5.26. The number of aromatic nitrogens is 1. The second-order valence-electron chi connectivity index (χ2n) is 6.32. The number of nitrogens with zero attached hydrogens (tertiary/aromatic N) is 2. The van der Waals surface area contributed by atoms with Gasteiger partial charge in [-0.25, -0.2) is 9.78 Å². The molecule has 31 heavy (non-hydrogen) atoms. The van der Waals surface area contributed by atoms with Crippen molar-refractivity contribution in [1.29, 1.82) is 0 Å². The highest BCUT2D eigenvalue weighted by Gasteiger charge is 2.26. The highest BCUT2D eigenvalue weighted by molar-refractivity contribution is 7.23. The molecule has 0 bridgehead atoms. The average molecular weight is 457 g/mol. The van der Waals surface area contributed by atoms with Crippen molar-refractivity contribution in [2.75, 3.05) is 11.9 Å². The number of hydrogen-bond acceptors (Lipinski definition) is 9. The van der Waals surface area contributed by atoms with Crippen molar-refractivity contribution in [1.82, 2.24) is 4.98 Å². The number of para-hydroxylation sites is 1. The Kier molecular flexibility index (Phi) is 5.53. The molecule has 3 aromatic heterocycles. The Morgan fingerprint density at radius 3 is 2.68 bits per heavy atom. The van der Waals surface area contributed by atoms with Crippen LogP contribution in [0, 0.1) is 17.0 Å². The van der Waals surface area contributed by atoms with Gasteiger partial charge in [0.05, 0.1) is 22.9 Å². The first kappa shape index (κ1) is 20.7. The summed E-state index contributed by atoms with van der Waals surface area (Å²) in [4.78, 5) is 40.2. The van der Waals surface area contributed by atoms with Crippen LogP contribution in [0.2, 0.25) is 0 Å². The number of carbonyl (C=O) groups excluding carboxylic acids is 2. The Labute approximate surface area is 183 Å². The summed E-state index contributed by atoms with van der Waals surface area (Å²) >= 11 is 2.49. The molecule has 0 saturated carbocycles. The van der Waals surface area contributed by atoms with E-state index in [1.807, 2.05) is 24.3 Å². The molecule has 0 saturated heterocycles. The molecule has 11 heteroatoms. The number of thiophene rings is 1. The first-order valence-electron chi connectivity index (χ1n) is 9.11. The number of amides is 1. The number of nitro groups is 1. The van der Waals surface area contributed by atoms with E-state index in [0.29, 0.717) is 26.0 Å². The fourth-order valence-electron chi connectivity index (χ4n) is 2.94. The lowest BCUT2D eigenvalue weighted by Gasteiger charge is -2.03. The number of ether oxygens (including phenoxy) is 1. The molecule has 0 aliphatic carbocycles. The minimum absolute atomic E-state index is 0.213. The van der Waals surface area contributed by atoms with Crippen molar-refractivity contribution in [3.05, 3.63) is 62.7 Å². The molecule has 0 aliphatic rings. The Morgan fingerprint density at radius 1 is 1.23 bits per heavy atom. The smallest absolute Gasteiger partial charge is 0.433 e. The second-order valence-corrected chi connectivity index (χ2v) is 8.37. The van der Waals surface area contributed by atoms with Gasteiger partial charge < -0.3 is 14.5 Å². The molecule has 1 aromatic carbocycles. The number of carbonyl (C=O) groups is 2.